The number of anilines is 1. The first-order valence-electron chi connectivity index (χ1n) is 7.09. The Morgan fingerprint density at radius 3 is 2.68 bits per heavy atom. The Labute approximate surface area is 144 Å². The van der Waals surface area contributed by atoms with Crippen molar-refractivity contribution in [1.29, 1.82) is 0 Å². The molecule has 2 rings (SSSR count). The highest BCUT2D eigenvalue weighted by molar-refractivity contribution is 5.92. The molecule has 0 spiro atoms. The van der Waals surface area contributed by atoms with E-state index in [0.29, 0.717) is 6.54 Å². The first kappa shape index (κ1) is 21.1. The molecule has 1 aromatic carbocycles. The van der Waals surface area contributed by atoms with E-state index in [4.69, 9.17) is 10.5 Å². The molecule has 126 valence electrons. The van der Waals surface area contributed by atoms with E-state index in [0.717, 1.165) is 38.5 Å². The summed E-state index contributed by atoms with van der Waals surface area (Å²) in [7, 11) is 0. The summed E-state index contributed by atoms with van der Waals surface area (Å²) in [5, 5.41) is 2.91. The van der Waals surface area contributed by atoms with Gasteiger partial charge in [0.25, 0.3) is 0 Å². The van der Waals surface area contributed by atoms with E-state index < -0.39 is 0 Å². The summed E-state index contributed by atoms with van der Waals surface area (Å²) in [4.78, 5) is 14.2. The third-order valence-corrected chi connectivity index (χ3v) is 3.51. The van der Waals surface area contributed by atoms with Crippen LogP contribution in [0.1, 0.15) is 12.5 Å². The number of morpholine rings is 1. The molecule has 0 saturated carbocycles. The van der Waals surface area contributed by atoms with Crippen LogP contribution in [0.4, 0.5) is 5.69 Å². The molecule has 1 aromatic rings. The van der Waals surface area contributed by atoms with Crippen LogP contribution in [0.5, 0.6) is 0 Å². The molecule has 1 unspecified atom stereocenters. The third-order valence-electron chi connectivity index (χ3n) is 3.51. The van der Waals surface area contributed by atoms with Gasteiger partial charge < -0.3 is 15.8 Å². The monoisotopic (exact) mass is 349 g/mol. The fourth-order valence-corrected chi connectivity index (χ4v) is 2.14. The standard InChI is InChI=1S/C15H23N3O2.2ClH/c1-12(10-16)15(19)17-14-4-2-3-13(9-14)11-18-5-7-20-8-6-18;;/h2-4,9,12H,5-8,10-11,16H2,1H3,(H,17,19);2*1H. The zero-order valence-corrected chi connectivity index (χ0v) is 14.4. The van der Waals surface area contributed by atoms with Crippen molar-refractivity contribution in [2.24, 2.45) is 11.7 Å². The molecule has 1 aliphatic rings. The summed E-state index contributed by atoms with van der Waals surface area (Å²) in [5.41, 5.74) is 7.53. The fraction of sp³-hybridized carbons (Fsp3) is 0.533. The van der Waals surface area contributed by atoms with Crippen molar-refractivity contribution in [1.82, 2.24) is 4.90 Å². The molecule has 5 nitrogen and oxygen atoms in total. The topological polar surface area (TPSA) is 67.6 Å². The average Bonchev–Trinajstić information content (AvgIpc) is 2.47. The lowest BCUT2D eigenvalue weighted by Crippen LogP contribution is -2.35. The maximum absolute atomic E-state index is 11.8. The number of carbonyl (C=O) groups excluding carboxylic acids is 1. The van der Waals surface area contributed by atoms with Gasteiger partial charge in [0.1, 0.15) is 0 Å². The summed E-state index contributed by atoms with van der Waals surface area (Å²) in [5.74, 6) is -0.200. The maximum atomic E-state index is 11.8. The predicted molar refractivity (Wildman–Crippen MR) is 93.9 cm³/mol. The third kappa shape index (κ3) is 6.50. The van der Waals surface area contributed by atoms with Crippen LogP contribution < -0.4 is 11.1 Å². The second-order valence-electron chi connectivity index (χ2n) is 5.21. The summed E-state index contributed by atoms with van der Waals surface area (Å²) >= 11 is 0. The van der Waals surface area contributed by atoms with Gasteiger partial charge in [-0.05, 0) is 17.7 Å². The van der Waals surface area contributed by atoms with E-state index in [2.05, 4.69) is 16.3 Å². The van der Waals surface area contributed by atoms with Crippen molar-refractivity contribution in [3.05, 3.63) is 29.8 Å². The highest BCUT2D eigenvalue weighted by Gasteiger charge is 2.13. The van der Waals surface area contributed by atoms with Crippen LogP contribution in [0.25, 0.3) is 0 Å². The second kappa shape index (κ2) is 10.8. The van der Waals surface area contributed by atoms with Gasteiger partial charge in [0, 0.05) is 37.8 Å². The van der Waals surface area contributed by atoms with Gasteiger partial charge in [0.2, 0.25) is 5.91 Å². The number of nitrogens with two attached hydrogens (primary N) is 1. The predicted octanol–water partition coefficient (Wildman–Crippen LogP) is 1.90. The molecule has 1 saturated heterocycles. The van der Waals surface area contributed by atoms with Gasteiger partial charge >= 0.3 is 0 Å². The Balaban J connectivity index is 0.00000220. The second-order valence-corrected chi connectivity index (χ2v) is 5.21. The Kier molecular flexibility index (Phi) is 10.4. The number of hydrogen-bond donors (Lipinski definition) is 2. The fourth-order valence-electron chi connectivity index (χ4n) is 2.14. The van der Waals surface area contributed by atoms with Crippen molar-refractivity contribution in [3.8, 4) is 0 Å². The lowest BCUT2D eigenvalue weighted by Gasteiger charge is -2.26. The van der Waals surface area contributed by atoms with E-state index in [9.17, 15) is 4.79 Å². The number of nitrogens with zero attached hydrogens (tertiary/aromatic N) is 1. The minimum atomic E-state index is -0.169. The summed E-state index contributed by atoms with van der Waals surface area (Å²) < 4.78 is 5.34. The smallest absolute Gasteiger partial charge is 0.228 e. The maximum Gasteiger partial charge on any atom is 0.228 e. The molecule has 0 radical (unpaired) electrons. The van der Waals surface area contributed by atoms with Crippen LogP contribution in [0.3, 0.4) is 0 Å². The number of ether oxygens (including phenoxy) is 1. The van der Waals surface area contributed by atoms with E-state index >= 15 is 0 Å². The number of hydrogen-bond acceptors (Lipinski definition) is 4. The van der Waals surface area contributed by atoms with E-state index in [1.807, 2.05) is 25.1 Å². The summed E-state index contributed by atoms with van der Waals surface area (Å²) in [6, 6.07) is 7.98. The quantitative estimate of drug-likeness (QED) is 0.851. The molecule has 0 aromatic heterocycles. The molecular weight excluding hydrogens is 325 g/mol. The molecule has 3 N–H and O–H groups in total. The van der Waals surface area contributed by atoms with Crippen molar-refractivity contribution < 1.29 is 9.53 Å². The number of rotatable bonds is 5. The van der Waals surface area contributed by atoms with Crippen molar-refractivity contribution in [3.63, 3.8) is 0 Å². The van der Waals surface area contributed by atoms with Crippen molar-refractivity contribution >= 4 is 36.4 Å². The van der Waals surface area contributed by atoms with Gasteiger partial charge in [-0.25, -0.2) is 0 Å². The minimum Gasteiger partial charge on any atom is -0.379 e. The summed E-state index contributed by atoms with van der Waals surface area (Å²) in [6.07, 6.45) is 0. The Hall–Kier alpha value is -0.850. The highest BCUT2D eigenvalue weighted by atomic mass is 35.5. The number of nitrogens with one attached hydrogen (secondary N) is 1. The van der Waals surface area contributed by atoms with Gasteiger partial charge in [-0.2, -0.15) is 0 Å². The first-order chi connectivity index (χ1) is 9.69. The van der Waals surface area contributed by atoms with Crippen molar-refractivity contribution in [2.75, 3.05) is 38.2 Å². The van der Waals surface area contributed by atoms with Gasteiger partial charge in [-0.1, -0.05) is 19.1 Å². The van der Waals surface area contributed by atoms with E-state index in [-0.39, 0.29) is 36.6 Å². The number of carbonyl (C=O) groups is 1. The Bertz CT molecular complexity index is 454. The summed E-state index contributed by atoms with van der Waals surface area (Å²) in [6.45, 7) is 6.59. The number of benzene rings is 1. The SMILES string of the molecule is CC(CN)C(=O)Nc1cccc(CN2CCOCC2)c1.Cl.Cl. The van der Waals surface area contributed by atoms with Gasteiger partial charge in [-0.3, -0.25) is 9.69 Å². The molecule has 0 aliphatic carbocycles. The Morgan fingerprint density at radius 1 is 1.36 bits per heavy atom. The van der Waals surface area contributed by atoms with Crippen LogP contribution in [-0.4, -0.2) is 43.7 Å². The molecule has 1 heterocycles. The molecular formula is C15H25Cl2N3O2. The average molecular weight is 350 g/mol. The van der Waals surface area contributed by atoms with Gasteiger partial charge in [-0.15, -0.1) is 24.8 Å². The van der Waals surface area contributed by atoms with E-state index in [1.54, 1.807) is 0 Å². The van der Waals surface area contributed by atoms with Crippen molar-refractivity contribution in [2.45, 2.75) is 13.5 Å². The van der Waals surface area contributed by atoms with Crippen LogP contribution in [0.15, 0.2) is 24.3 Å². The van der Waals surface area contributed by atoms with Gasteiger partial charge in [0.05, 0.1) is 13.2 Å². The zero-order valence-electron chi connectivity index (χ0n) is 12.8. The Morgan fingerprint density at radius 2 is 2.05 bits per heavy atom. The molecule has 1 fully saturated rings. The zero-order chi connectivity index (χ0) is 14.4. The lowest BCUT2D eigenvalue weighted by atomic mass is 10.1. The van der Waals surface area contributed by atoms with Gasteiger partial charge in [0.15, 0.2) is 0 Å². The molecule has 1 aliphatic heterocycles. The van der Waals surface area contributed by atoms with Crippen LogP contribution in [0.2, 0.25) is 0 Å². The molecule has 0 bridgehead atoms. The lowest BCUT2D eigenvalue weighted by molar-refractivity contribution is -0.119. The molecule has 7 heteroatoms. The van der Waals surface area contributed by atoms with Crippen LogP contribution >= 0.6 is 24.8 Å². The minimum absolute atomic E-state index is 0. The molecule has 1 atom stereocenters. The first-order valence-corrected chi connectivity index (χ1v) is 7.09. The number of amides is 1. The largest absolute Gasteiger partial charge is 0.379 e. The highest BCUT2D eigenvalue weighted by Crippen LogP contribution is 2.14. The molecule has 22 heavy (non-hydrogen) atoms. The number of halogens is 2. The van der Waals surface area contributed by atoms with Crippen LogP contribution in [0, 0.1) is 5.92 Å². The molecule has 1 amide bonds. The normalized spacial score (nSPS) is 16.1. The van der Waals surface area contributed by atoms with Crippen LogP contribution in [-0.2, 0) is 16.1 Å². The van der Waals surface area contributed by atoms with E-state index in [1.165, 1.54) is 5.56 Å².